The zero-order chi connectivity index (χ0) is 23.1. The molecule has 0 amide bonds. The molecular weight excluding hydrogens is 408 g/mol. The molecule has 176 valence electrons. The van der Waals surface area contributed by atoms with Crippen molar-refractivity contribution < 1.29 is 29.3 Å². The van der Waals surface area contributed by atoms with Crippen LogP contribution in [0.5, 0.6) is 0 Å². The number of esters is 1. The Bertz CT molecular complexity index is 893. The minimum atomic E-state index is -1.56. The number of ether oxygens (including phenoxy) is 1. The first-order valence-corrected chi connectivity index (χ1v) is 12.4. The summed E-state index contributed by atoms with van der Waals surface area (Å²) < 4.78 is 5.19. The molecule has 0 bridgehead atoms. The zero-order valence-electron chi connectivity index (χ0n) is 19.4. The number of allylic oxidation sites excluding steroid dienone is 1. The number of hydrogen-bond acceptors (Lipinski definition) is 6. The lowest BCUT2D eigenvalue weighted by molar-refractivity contribution is -0.194. The van der Waals surface area contributed by atoms with Crippen LogP contribution >= 0.6 is 0 Å². The number of carbonyl (C=O) groups is 3. The quantitative estimate of drug-likeness (QED) is 0.632. The van der Waals surface area contributed by atoms with E-state index in [1.807, 2.05) is 19.9 Å². The minimum Gasteiger partial charge on any atom is -0.458 e. The van der Waals surface area contributed by atoms with Gasteiger partial charge in [0, 0.05) is 18.3 Å². The molecule has 6 nitrogen and oxygen atoms in total. The van der Waals surface area contributed by atoms with Gasteiger partial charge in [0.05, 0.1) is 6.10 Å². The van der Waals surface area contributed by atoms with Gasteiger partial charge >= 0.3 is 5.97 Å². The Kier molecular flexibility index (Phi) is 5.03. The van der Waals surface area contributed by atoms with Gasteiger partial charge < -0.3 is 14.9 Å². The van der Waals surface area contributed by atoms with Gasteiger partial charge in [-0.05, 0) is 79.6 Å². The number of ketones is 2. The molecule has 0 aromatic heterocycles. The molecule has 5 rings (SSSR count). The van der Waals surface area contributed by atoms with Crippen molar-refractivity contribution in [1.29, 1.82) is 0 Å². The van der Waals surface area contributed by atoms with Gasteiger partial charge in [-0.15, -0.1) is 0 Å². The lowest BCUT2D eigenvalue weighted by Gasteiger charge is -2.61. The molecule has 5 aliphatic rings. The van der Waals surface area contributed by atoms with Gasteiger partial charge in [0.1, 0.15) is 5.60 Å². The maximum atomic E-state index is 13.3. The number of fused-ring (bicyclic) bond motifs is 7. The lowest BCUT2D eigenvalue weighted by Crippen LogP contribution is -2.64. The second-order valence-corrected chi connectivity index (χ2v) is 11.6. The SMILES string of the molecule is CCCC(=O)OCC(=O)[C@@]1(O)[C@@H]2C[C@@H]2[C@H]2[C@@H]3CCC4=CC(=O)CC[C@]4(C)[C@H]3[C@@H](O)C[C@@]21C. The standard InChI is InChI=1S/C26H36O6/c1-4-5-21(30)32-13-20(29)26(31)18-11-17(18)22-16-7-6-14-10-15(27)8-9-24(14,2)23(16)19(28)12-25(22,26)3/h10,16-19,22-23,28,31H,4-9,11-13H2,1-3H3/t16-,17-,18+,19-,22+,23+,24-,25-,26-/m0/s1. The Morgan fingerprint density at radius 3 is 2.66 bits per heavy atom. The van der Waals surface area contributed by atoms with Gasteiger partial charge in [0.25, 0.3) is 0 Å². The second kappa shape index (κ2) is 7.23. The summed E-state index contributed by atoms with van der Waals surface area (Å²) in [4.78, 5) is 37.2. The average Bonchev–Trinajstić information content (AvgIpc) is 3.48. The van der Waals surface area contributed by atoms with Crippen LogP contribution in [0.15, 0.2) is 11.6 Å². The topological polar surface area (TPSA) is 101 Å². The summed E-state index contributed by atoms with van der Waals surface area (Å²) in [5, 5.41) is 23.4. The van der Waals surface area contributed by atoms with Crippen LogP contribution in [0.1, 0.15) is 72.1 Å². The fourth-order valence-electron chi connectivity index (χ4n) is 8.74. The summed E-state index contributed by atoms with van der Waals surface area (Å²) in [5.41, 5.74) is -1.29. The Morgan fingerprint density at radius 1 is 1.19 bits per heavy atom. The molecule has 0 aromatic carbocycles. The minimum absolute atomic E-state index is 0.0507. The predicted molar refractivity (Wildman–Crippen MR) is 116 cm³/mol. The fourth-order valence-corrected chi connectivity index (χ4v) is 8.74. The van der Waals surface area contributed by atoms with Crippen LogP contribution in [-0.2, 0) is 19.1 Å². The van der Waals surface area contributed by atoms with Crippen LogP contribution < -0.4 is 0 Å². The normalized spacial score (nSPS) is 48.7. The largest absolute Gasteiger partial charge is 0.458 e. The summed E-state index contributed by atoms with van der Waals surface area (Å²) >= 11 is 0. The maximum absolute atomic E-state index is 13.3. The van der Waals surface area contributed by atoms with E-state index in [-0.39, 0.29) is 47.2 Å². The second-order valence-electron chi connectivity index (χ2n) is 11.6. The molecular formula is C26H36O6. The molecule has 0 aromatic rings. The van der Waals surface area contributed by atoms with Crippen molar-refractivity contribution in [1.82, 2.24) is 0 Å². The number of Topliss-reactive ketones (excluding diaryl/α,β-unsaturated/α-hetero) is 1. The van der Waals surface area contributed by atoms with Crippen LogP contribution in [0.3, 0.4) is 0 Å². The number of rotatable bonds is 5. The monoisotopic (exact) mass is 444 g/mol. The van der Waals surface area contributed by atoms with E-state index in [2.05, 4.69) is 6.92 Å². The molecule has 4 fully saturated rings. The maximum Gasteiger partial charge on any atom is 0.306 e. The Morgan fingerprint density at radius 2 is 1.94 bits per heavy atom. The van der Waals surface area contributed by atoms with Gasteiger partial charge in [-0.1, -0.05) is 26.3 Å². The molecule has 0 aliphatic heterocycles. The van der Waals surface area contributed by atoms with E-state index in [0.29, 0.717) is 19.3 Å². The molecule has 2 N–H and O–H groups in total. The molecule has 0 spiro atoms. The van der Waals surface area contributed by atoms with E-state index in [4.69, 9.17) is 4.74 Å². The van der Waals surface area contributed by atoms with E-state index in [9.17, 15) is 24.6 Å². The first kappa shape index (κ1) is 22.3. The fraction of sp³-hybridized carbons (Fsp3) is 0.808. The van der Waals surface area contributed by atoms with Crippen molar-refractivity contribution in [2.45, 2.75) is 83.8 Å². The van der Waals surface area contributed by atoms with Crippen molar-refractivity contribution in [3.8, 4) is 0 Å². The average molecular weight is 445 g/mol. The van der Waals surface area contributed by atoms with Crippen molar-refractivity contribution in [2.24, 2.45) is 40.4 Å². The van der Waals surface area contributed by atoms with Crippen molar-refractivity contribution in [3.05, 3.63) is 11.6 Å². The van der Waals surface area contributed by atoms with Gasteiger partial charge in [-0.2, -0.15) is 0 Å². The summed E-state index contributed by atoms with van der Waals surface area (Å²) in [5.74, 6) is -0.0296. The molecule has 6 heteroatoms. The Balaban J connectivity index is 1.45. The van der Waals surface area contributed by atoms with Gasteiger partial charge in [-0.25, -0.2) is 0 Å². The van der Waals surface area contributed by atoms with Crippen LogP contribution in [0.4, 0.5) is 0 Å². The third kappa shape index (κ3) is 2.81. The van der Waals surface area contributed by atoms with Gasteiger partial charge in [0.2, 0.25) is 5.78 Å². The molecule has 0 saturated heterocycles. The number of hydrogen-bond donors (Lipinski definition) is 2. The van der Waals surface area contributed by atoms with E-state index in [1.165, 1.54) is 5.57 Å². The Hall–Kier alpha value is -1.53. The van der Waals surface area contributed by atoms with Crippen LogP contribution in [0.25, 0.3) is 0 Å². The molecule has 32 heavy (non-hydrogen) atoms. The molecule has 0 unspecified atom stereocenters. The van der Waals surface area contributed by atoms with E-state index in [1.54, 1.807) is 0 Å². The van der Waals surface area contributed by atoms with Crippen LogP contribution in [0.2, 0.25) is 0 Å². The number of aliphatic hydroxyl groups excluding tert-OH is 1. The lowest BCUT2D eigenvalue weighted by atomic mass is 9.44. The first-order valence-electron chi connectivity index (χ1n) is 12.4. The highest BCUT2D eigenvalue weighted by Gasteiger charge is 2.79. The van der Waals surface area contributed by atoms with Crippen molar-refractivity contribution >= 4 is 17.5 Å². The summed E-state index contributed by atoms with van der Waals surface area (Å²) in [7, 11) is 0. The zero-order valence-corrected chi connectivity index (χ0v) is 19.4. The van der Waals surface area contributed by atoms with E-state index in [0.717, 1.165) is 25.7 Å². The summed E-state index contributed by atoms with van der Waals surface area (Å²) in [6, 6.07) is 0. The third-order valence-electron chi connectivity index (χ3n) is 10.1. The molecule has 0 heterocycles. The highest BCUT2D eigenvalue weighted by atomic mass is 16.5. The van der Waals surface area contributed by atoms with Crippen molar-refractivity contribution in [3.63, 3.8) is 0 Å². The van der Waals surface area contributed by atoms with E-state index < -0.39 is 35.5 Å². The first-order chi connectivity index (χ1) is 15.1. The smallest absolute Gasteiger partial charge is 0.306 e. The van der Waals surface area contributed by atoms with Gasteiger partial charge in [-0.3, -0.25) is 14.4 Å². The molecule has 5 aliphatic carbocycles. The molecule has 9 atom stereocenters. The summed E-state index contributed by atoms with van der Waals surface area (Å²) in [6.45, 7) is 5.67. The van der Waals surface area contributed by atoms with Crippen LogP contribution in [0, 0.1) is 40.4 Å². The van der Waals surface area contributed by atoms with E-state index >= 15 is 0 Å². The van der Waals surface area contributed by atoms with Gasteiger partial charge in [0.15, 0.2) is 12.4 Å². The predicted octanol–water partition coefficient (Wildman–Crippen LogP) is 2.99. The highest BCUT2D eigenvalue weighted by molar-refractivity contribution is 5.92. The van der Waals surface area contributed by atoms with Crippen LogP contribution in [-0.4, -0.2) is 46.1 Å². The molecule has 4 saturated carbocycles. The number of carbonyl (C=O) groups excluding carboxylic acids is 3. The van der Waals surface area contributed by atoms with Crippen molar-refractivity contribution in [2.75, 3.05) is 6.61 Å². The third-order valence-corrected chi connectivity index (χ3v) is 10.1. The Labute approximate surface area is 189 Å². The summed E-state index contributed by atoms with van der Waals surface area (Å²) in [6.07, 6.45) is 6.31. The molecule has 0 radical (unpaired) electrons. The highest BCUT2D eigenvalue weighted by Crippen LogP contribution is 2.76. The number of aliphatic hydroxyl groups is 2.